The van der Waals surface area contributed by atoms with E-state index in [0.717, 1.165) is 28.7 Å². The van der Waals surface area contributed by atoms with Gasteiger partial charge < -0.3 is 0 Å². The van der Waals surface area contributed by atoms with Crippen LogP contribution in [0.1, 0.15) is 39.0 Å². The predicted octanol–water partition coefficient (Wildman–Crippen LogP) is 6.19. The van der Waals surface area contributed by atoms with Gasteiger partial charge in [-0.2, -0.15) is 5.26 Å². The van der Waals surface area contributed by atoms with Gasteiger partial charge in [-0.05, 0) is 43.4 Å². The molecule has 1 aromatic rings. The second-order valence-corrected chi connectivity index (χ2v) is 7.56. The van der Waals surface area contributed by atoms with Crippen molar-refractivity contribution in [3.05, 3.63) is 28.2 Å². The first-order chi connectivity index (χ1) is 9.63. The van der Waals surface area contributed by atoms with E-state index >= 15 is 0 Å². The number of benzene rings is 1. The van der Waals surface area contributed by atoms with Crippen LogP contribution in [0, 0.1) is 23.2 Å². The molecule has 3 unspecified atom stereocenters. The predicted molar refractivity (Wildman–Crippen MR) is 87.5 cm³/mol. The quantitative estimate of drug-likeness (QED) is 0.657. The fourth-order valence-electron chi connectivity index (χ4n) is 2.89. The summed E-state index contributed by atoms with van der Waals surface area (Å²) in [4.78, 5) is 1.00. The Bertz CT molecular complexity index is 498. The molecule has 0 bridgehead atoms. The minimum atomic E-state index is 0.128. The van der Waals surface area contributed by atoms with Crippen LogP contribution in [-0.4, -0.2) is 5.25 Å². The lowest BCUT2D eigenvalue weighted by Gasteiger charge is -2.32. The summed E-state index contributed by atoms with van der Waals surface area (Å²) in [5.41, 5.74) is 0. The highest BCUT2D eigenvalue weighted by Crippen LogP contribution is 2.43. The first-order valence-electron chi connectivity index (χ1n) is 7.15. The molecular formula is C16H19Cl2NS. The summed E-state index contributed by atoms with van der Waals surface area (Å²) in [5.74, 6) is 0.878. The molecule has 0 saturated heterocycles. The van der Waals surface area contributed by atoms with E-state index < -0.39 is 0 Å². The van der Waals surface area contributed by atoms with Crippen LogP contribution in [0.2, 0.25) is 10.0 Å². The summed E-state index contributed by atoms with van der Waals surface area (Å²) in [6, 6.07) is 8.02. The van der Waals surface area contributed by atoms with Gasteiger partial charge in [-0.3, -0.25) is 0 Å². The number of nitriles is 1. The molecule has 1 aromatic carbocycles. The van der Waals surface area contributed by atoms with Gasteiger partial charge in [-0.25, -0.2) is 0 Å². The van der Waals surface area contributed by atoms with Crippen molar-refractivity contribution in [2.45, 2.75) is 49.2 Å². The van der Waals surface area contributed by atoms with Crippen LogP contribution >= 0.6 is 35.0 Å². The average molecular weight is 328 g/mol. The third kappa shape index (κ3) is 4.07. The van der Waals surface area contributed by atoms with Gasteiger partial charge >= 0.3 is 0 Å². The highest BCUT2D eigenvalue weighted by atomic mass is 35.5. The summed E-state index contributed by atoms with van der Waals surface area (Å²) in [6.07, 6.45) is 5.79. The molecule has 4 heteroatoms. The maximum atomic E-state index is 9.36. The van der Waals surface area contributed by atoms with Crippen LogP contribution in [0.3, 0.4) is 0 Å². The van der Waals surface area contributed by atoms with E-state index in [1.54, 1.807) is 17.8 Å². The summed E-state index contributed by atoms with van der Waals surface area (Å²) >= 11 is 14.0. The second-order valence-electron chi connectivity index (χ2n) is 5.43. The zero-order valence-electron chi connectivity index (χ0n) is 11.6. The molecule has 1 saturated carbocycles. The van der Waals surface area contributed by atoms with Crippen LogP contribution in [0.15, 0.2) is 23.1 Å². The van der Waals surface area contributed by atoms with Crippen molar-refractivity contribution in [3.63, 3.8) is 0 Å². The zero-order valence-corrected chi connectivity index (χ0v) is 13.9. The first-order valence-corrected chi connectivity index (χ1v) is 8.79. The summed E-state index contributed by atoms with van der Waals surface area (Å²) < 4.78 is 0. The van der Waals surface area contributed by atoms with Crippen LogP contribution in [0.4, 0.5) is 0 Å². The van der Waals surface area contributed by atoms with E-state index in [9.17, 15) is 5.26 Å². The van der Waals surface area contributed by atoms with Gasteiger partial charge in [0.2, 0.25) is 0 Å². The highest BCUT2D eigenvalue weighted by molar-refractivity contribution is 8.00. The van der Waals surface area contributed by atoms with Gasteiger partial charge in [0.1, 0.15) is 0 Å². The third-order valence-electron chi connectivity index (χ3n) is 3.93. The first kappa shape index (κ1) is 16.0. The molecule has 0 N–H and O–H groups in total. The van der Waals surface area contributed by atoms with E-state index in [2.05, 4.69) is 13.0 Å². The number of rotatable bonds is 4. The van der Waals surface area contributed by atoms with Crippen molar-refractivity contribution in [1.82, 2.24) is 0 Å². The summed E-state index contributed by atoms with van der Waals surface area (Å²) in [6.45, 7) is 2.23. The highest BCUT2D eigenvalue weighted by Gasteiger charge is 2.31. The van der Waals surface area contributed by atoms with Crippen molar-refractivity contribution in [3.8, 4) is 6.07 Å². The van der Waals surface area contributed by atoms with E-state index in [1.165, 1.54) is 19.3 Å². The molecule has 0 spiro atoms. The van der Waals surface area contributed by atoms with Crippen molar-refractivity contribution in [2.24, 2.45) is 11.8 Å². The summed E-state index contributed by atoms with van der Waals surface area (Å²) in [5, 5.41) is 11.1. The van der Waals surface area contributed by atoms with E-state index in [4.69, 9.17) is 23.2 Å². The Morgan fingerprint density at radius 3 is 2.85 bits per heavy atom. The smallest absolute Gasteiger partial charge is 0.0667 e. The number of thioether (sulfide) groups is 1. The van der Waals surface area contributed by atoms with E-state index in [1.807, 2.05) is 12.1 Å². The molecular weight excluding hydrogens is 309 g/mol. The molecule has 1 aliphatic rings. The lowest BCUT2D eigenvalue weighted by atomic mass is 9.80. The van der Waals surface area contributed by atoms with Gasteiger partial charge in [-0.1, -0.05) is 43.0 Å². The lowest BCUT2D eigenvalue weighted by Crippen LogP contribution is -2.26. The molecule has 108 valence electrons. The maximum absolute atomic E-state index is 9.36. The standard InChI is InChI=1S/C16H19Cl2NS/c1-2-3-11-4-5-12(10-19)15(8-11)20-16-9-13(17)6-7-14(16)18/h6-7,9,11-12,15H,2-5,8H2,1H3. The van der Waals surface area contributed by atoms with Crippen molar-refractivity contribution < 1.29 is 0 Å². The average Bonchev–Trinajstić information content (AvgIpc) is 2.44. The fourth-order valence-corrected chi connectivity index (χ4v) is 4.81. The lowest BCUT2D eigenvalue weighted by molar-refractivity contribution is 0.307. The molecule has 1 nitrogen and oxygen atoms in total. The zero-order chi connectivity index (χ0) is 14.5. The van der Waals surface area contributed by atoms with Gasteiger partial charge in [0.05, 0.1) is 17.0 Å². The third-order valence-corrected chi connectivity index (χ3v) is 6.03. The van der Waals surface area contributed by atoms with Gasteiger partial charge in [0.15, 0.2) is 0 Å². The van der Waals surface area contributed by atoms with Crippen LogP contribution in [0.25, 0.3) is 0 Å². The van der Waals surface area contributed by atoms with Gasteiger partial charge in [0, 0.05) is 15.2 Å². The topological polar surface area (TPSA) is 23.8 Å². The normalized spacial score (nSPS) is 26.2. The molecule has 0 amide bonds. The molecule has 0 aromatic heterocycles. The second kappa shape index (κ2) is 7.59. The van der Waals surface area contributed by atoms with Crippen LogP contribution in [-0.2, 0) is 0 Å². The minimum absolute atomic E-state index is 0.128. The molecule has 3 atom stereocenters. The number of halogens is 2. The number of nitrogens with zero attached hydrogens (tertiary/aromatic N) is 1. The molecule has 0 heterocycles. The SMILES string of the molecule is CCCC1CCC(C#N)C(Sc2cc(Cl)ccc2Cl)C1. The molecule has 1 aliphatic carbocycles. The Labute approximate surface area is 135 Å². The Balaban J connectivity index is 2.11. The molecule has 20 heavy (non-hydrogen) atoms. The Hall–Kier alpha value is -0.360. The number of hydrogen-bond acceptors (Lipinski definition) is 2. The van der Waals surface area contributed by atoms with Crippen molar-refractivity contribution in [1.29, 1.82) is 5.26 Å². The van der Waals surface area contributed by atoms with Gasteiger partial charge in [-0.15, -0.1) is 11.8 Å². The largest absolute Gasteiger partial charge is 0.198 e. The number of hydrogen-bond donors (Lipinski definition) is 0. The molecule has 0 radical (unpaired) electrons. The van der Waals surface area contributed by atoms with Crippen molar-refractivity contribution >= 4 is 35.0 Å². The Kier molecular flexibility index (Phi) is 6.08. The van der Waals surface area contributed by atoms with Crippen molar-refractivity contribution in [2.75, 3.05) is 0 Å². The minimum Gasteiger partial charge on any atom is -0.198 e. The monoisotopic (exact) mass is 327 g/mol. The molecule has 0 aliphatic heterocycles. The molecule has 1 fully saturated rings. The maximum Gasteiger partial charge on any atom is 0.0667 e. The van der Waals surface area contributed by atoms with E-state index in [0.29, 0.717) is 10.3 Å². The summed E-state index contributed by atoms with van der Waals surface area (Å²) in [7, 11) is 0. The van der Waals surface area contributed by atoms with Gasteiger partial charge in [0.25, 0.3) is 0 Å². The molecule has 2 rings (SSSR count). The van der Waals surface area contributed by atoms with E-state index in [-0.39, 0.29) is 5.92 Å². The fraction of sp³-hybridized carbons (Fsp3) is 0.562. The Morgan fingerprint density at radius 2 is 2.15 bits per heavy atom. The van der Waals surface area contributed by atoms with Crippen LogP contribution in [0.5, 0.6) is 0 Å². The van der Waals surface area contributed by atoms with Crippen LogP contribution < -0.4 is 0 Å². The Morgan fingerprint density at radius 1 is 1.35 bits per heavy atom.